The van der Waals surface area contributed by atoms with Crippen LogP contribution in [0.5, 0.6) is 0 Å². The van der Waals surface area contributed by atoms with Crippen molar-refractivity contribution >= 4 is 17.8 Å². The molecule has 2 rings (SSSR count). The molecule has 2 aromatic rings. The smallest absolute Gasteiger partial charge is 0.426 e. The summed E-state index contributed by atoms with van der Waals surface area (Å²) in [7, 11) is 0. The number of benzene rings is 1. The second-order valence-electron chi connectivity index (χ2n) is 5.77. The molecule has 28 heavy (non-hydrogen) atoms. The number of pyridine rings is 1. The van der Waals surface area contributed by atoms with E-state index in [4.69, 9.17) is 0 Å². The maximum atomic E-state index is 14.0. The lowest BCUT2D eigenvalue weighted by Gasteiger charge is -2.34. The van der Waals surface area contributed by atoms with E-state index in [-0.39, 0.29) is 12.4 Å². The highest BCUT2D eigenvalue weighted by atomic mass is 19.4. The largest absolute Gasteiger partial charge is 0.464 e. The second-order valence-corrected chi connectivity index (χ2v) is 5.77. The van der Waals surface area contributed by atoms with Crippen molar-refractivity contribution in [3.63, 3.8) is 0 Å². The molecular formula is C18H17F4N3O3. The number of nitrogens with one attached hydrogen (secondary N) is 2. The lowest BCUT2D eigenvalue weighted by atomic mass is 9.89. The van der Waals surface area contributed by atoms with Crippen molar-refractivity contribution in [3.05, 3.63) is 59.5 Å². The molecule has 0 unspecified atom stereocenters. The Balaban J connectivity index is 2.48. The van der Waals surface area contributed by atoms with E-state index < -0.39 is 35.1 Å². The molecule has 2 N–H and O–H groups in total. The van der Waals surface area contributed by atoms with E-state index in [1.165, 1.54) is 19.2 Å². The zero-order valence-corrected chi connectivity index (χ0v) is 14.9. The Morgan fingerprint density at radius 3 is 2.32 bits per heavy atom. The number of carbonyl (C=O) groups excluding carboxylic acids is 2. The van der Waals surface area contributed by atoms with E-state index in [0.29, 0.717) is 5.56 Å². The molecular weight excluding hydrogens is 382 g/mol. The number of halogens is 4. The van der Waals surface area contributed by atoms with E-state index in [9.17, 15) is 27.2 Å². The fraction of sp³-hybridized carbons (Fsp3) is 0.278. The summed E-state index contributed by atoms with van der Waals surface area (Å²) in [6.45, 7) is 2.66. The normalized spacial score (nSPS) is 13.4. The average molecular weight is 399 g/mol. The minimum Gasteiger partial charge on any atom is -0.464 e. The summed E-state index contributed by atoms with van der Waals surface area (Å²) >= 11 is 0. The van der Waals surface area contributed by atoms with Gasteiger partial charge in [-0.25, -0.2) is 19.0 Å². The first-order valence-electron chi connectivity index (χ1n) is 8.12. The first-order valence-corrected chi connectivity index (χ1v) is 8.12. The van der Waals surface area contributed by atoms with Crippen LogP contribution < -0.4 is 10.6 Å². The third-order valence-electron chi connectivity index (χ3n) is 3.74. The van der Waals surface area contributed by atoms with Crippen LogP contribution in [0.25, 0.3) is 0 Å². The molecule has 0 radical (unpaired) electrons. The van der Waals surface area contributed by atoms with Crippen LogP contribution in [-0.2, 0) is 15.1 Å². The molecule has 6 nitrogen and oxygen atoms in total. The number of rotatable bonds is 5. The van der Waals surface area contributed by atoms with Crippen LogP contribution in [0.3, 0.4) is 0 Å². The summed E-state index contributed by atoms with van der Waals surface area (Å²) in [6, 6.07) is 4.72. The van der Waals surface area contributed by atoms with Gasteiger partial charge in [0.15, 0.2) is 0 Å². The number of ether oxygens (including phenoxy) is 1. The van der Waals surface area contributed by atoms with Gasteiger partial charge in [-0.3, -0.25) is 5.32 Å². The molecule has 2 amide bonds. The van der Waals surface area contributed by atoms with Gasteiger partial charge in [0.25, 0.3) is 5.54 Å². The number of aromatic nitrogens is 1. The number of hydrogen-bond acceptors (Lipinski definition) is 4. The number of aryl methyl sites for hydroxylation is 1. The molecule has 1 heterocycles. The lowest BCUT2D eigenvalue weighted by Crippen LogP contribution is -2.62. The molecule has 1 aromatic heterocycles. The second kappa shape index (κ2) is 8.24. The molecule has 0 fully saturated rings. The number of hydrogen-bond donors (Lipinski definition) is 2. The summed E-state index contributed by atoms with van der Waals surface area (Å²) in [5.41, 5.74) is -3.53. The third-order valence-corrected chi connectivity index (χ3v) is 3.74. The molecule has 0 aliphatic carbocycles. The maximum Gasteiger partial charge on any atom is 0.426 e. The molecule has 0 saturated carbocycles. The van der Waals surface area contributed by atoms with Crippen LogP contribution in [0.1, 0.15) is 18.1 Å². The summed E-state index contributed by atoms with van der Waals surface area (Å²) < 4.78 is 59.9. The molecule has 10 heteroatoms. The van der Waals surface area contributed by atoms with Gasteiger partial charge in [-0.05, 0) is 49.2 Å². The molecule has 0 aliphatic rings. The lowest BCUT2D eigenvalue weighted by molar-refractivity contribution is -0.213. The van der Waals surface area contributed by atoms with Gasteiger partial charge in [-0.15, -0.1) is 0 Å². The van der Waals surface area contributed by atoms with E-state index >= 15 is 0 Å². The van der Waals surface area contributed by atoms with Crippen LogP contribution in [0.15, 0.2) is 42.6 Å². The third kappa shape index (κ3) is 4.38. The number of urea groups is 1. The van der Waals surface area contributed by atoms with Crippen LogP contribution in [-0.4, -0.2) is 29.8 Å². The molecule has 0 aliphatic heterocycles. The van der Waals surface area contributed by atoms with Gasteiger partial charge in [0.1, 0.15) is 11.6 Å². The predicted molar refractivity (Wildman–Crippen MR) is 91.9 cm³/mol. The number of amides is 2. The number of carbonyl (C=O) groups is 2. The van der Waals surface area contributed by atoms with Crippen LogP contribution in [0.4, 0.5) is 28.2 Å². The fourth-order valence-electron chi connectivity index (χ4n) is 2.45. The monoisotopic (exact) mass is 399 g/mol. The summed E-state index contributed by atoms with van der Waals surface area (Å²) in [5.74, 6) is -2.57. The Morgan fingerprint density at radius 1 is 1.14 bits per heavy atom. The first kappa shape index (κ1) is 21.1. The SMILES string of the molecule is CCOC(=O)[C@@](NC(=O)Nc1cc(C)ccn1)(c1ccc(F)cc1)C(F)(F)F. The van der Waals surface area contributed by atoms with Crippen LogP contribution in [0, 0.1) is 12.7 Å². The molecule has 1 aromatic carbocycles. The van der Waals surface area contributed by atoms with Crippen molar-refractivity contribution in [3.8, 4) is 0 Å². The Labute approximate surface area is 157 Å². The molecule has 0 saturated heterocycles. The van der Waals surface area contributed by atoms with E-state index in [2.05, 4.69) is 15.0 Å². The highest BCUT2D eigenvalue weighted by Crippen LogP contribution is 2.40. The van der Waals surface area contributed by atoms with Gasteiger partial charge in [0.05, 0.1) is 6.61 Å². The van der Waals surface area contributed by atoms with Crippen molar-refractivity contribution in [2.45, 2.75) is 25.6 Å². The zero-order valence-electron chi connectivity index (χ0n) is 14.9. The molecule has 0 spiro atoms. The van der Waals surface area contributed by atoms with Crippen molar-refractivity contribution in [1.82, 2.24) is 10.3 Å². The van der Waals surface area contributed by atoms with Crippen molar-refractivity contribution in [2.24, 2.45) is 0 Å². The summed E-state index contributed by atoms with van der Waals surface area (Å²) in [6.07, 6.45) is -3.93. The minimum absolute atomic E-state index is 0.0171. The van der Waals surface area contributed by atoms with E-state index in [0.717, 1.165) is 24.3 Å². The van der Waals surface area contributed by atoms with Gasteiger partial charge in [0, 0.05) is 6.20 Å². The Hall–Kier alpha value is -3.17. The minimum atomic E-state index is -5.28. The van der Waals surface area contributed by atoms with Gasteiger partial charge in [-0.1, -0.05) is 12.1 Å². The molecule has 150 valence electrons. The highest BCUT2D eigenvalue weighted by molar-refractivity contribution is 5.95. The van der Waals surface area contributed by atoms with Crippen molar-refractivity contribution in [2.75, 3.05) is 11.9 Å². The van der Waals surface area contributed by atoms with Gasteiger partial charge in [-0.2, -0.15) is 13.2 Å². The van der Waals surface area contributed by atoms with Crippen LogP contribution in [0.2, 0.25) is 0 Å². The Morgan fingerprint density at radius 2 is 1.79 bits per heavy atom. The van der Waals surface area contributed by atoms with Crippen LogP contribution >= 0.6 is 0 Å². The van der Waals surface area contributed by atoms with Gasteiger partial charge in [0.2, 0.25) is 0 Å². The molecule has 1 atom stereocenters. The number of esters is 1. The van der Waals surface area contributed by atoms with Crippen molar-refractivity contribution in [1.29, 1.82) is 0 Å². The summed E-state index contributed by atoms with van der Waals surface area (Å²) in [4.78, 5) is 28.5. The maximum absolute atomic E-state index is 14.0. The van der Waals surface area contributed by atoms with Gasteiger partial charge < -0.3 is 10.1 Å². The predicted octanol–water partition coefficient (Wildman–Crippen LogP) is 3.67. The molecule has 0 bridgehead atoms. The number of anilines is 1. The van der Waals surface area contributed by atoms with Gasteiger partial charge >= 0.3 is 18.2 Å². The quantitative estimate of drug-likeness (QED) is 0.594. The topological polar surface area (TPSA) is 80.3 Å². The number of alkyl halides is 3. The number of nitrogens with zero attached hydrogens (tertiary/aromatic N) is 1. The Bertz CT molecular complexity index is 856. The zero-order chi connectivity index (χ0) is 20.9. The standard InChI is InChI=1S/C18H17F4N3O3/c1-3-28-15(26)17(18(20,21)22,12-4-6-13(19)7-5-12)25-16(27)24-14-10-11(2)8-9-23-14/h4-10H,3H2,1-2H3,(H2,23,24,25,27)/t17-/m0/s1. The van der Waals surface area contributed by atoms with E-state index in [1.54, 1.807) is 18.3 Å². The summed E-state index contributed by atoms with van der Waals surface area (Å²) in [5, 5.41) is 3.79. The highest BCUT2D eigenvalue weighted by Gasteiger charge is 2.64. The fourth-order valence-corrected chi connectivity index (χ4v) is 2.45. The average Bonchev–Trinajstić information content (AvgIpc) is 2.59. The Kier molecular flexibility index (Phi) is 6.22. The first-order chi connectivity index (χ1) is 13.1. The van der Waals surface area contributed by atoms with E-state index in [1.807, 2.05) is 0 Å². The van der Waals surface area contributed by atoms with Crippen molar-refractivity contribution < 1.29 is 31.9 Å².